The van der Waals surface area contributed by atoms with Gasteiger partial charge in [-0.05, 0) is 12.5 Å². The van der Waals surface area contributed by atoms with Crippen LogP contribution in [0.15, 0.2) is 37.2 Å². The number of alkyl halides is 1. The average molecular weight is 317 g/mol. The van der Waals surface area contributed by atoms with E-state index in [4.69, 9.17) is 0 Å². The van der Waals surface area contributed by atoms with Crippen molar-refractivity contribution in [2.24, 2.45) is 0 Å². The number of nitrogens with one attached hydrogen (secondary N) is 1. The Morgan fingerprint density at radius 3 is 2.96 bits per heavy atom. The average Bonchev–Trinajstić information content (AvgIpc) is 3.18. The molecule has 1 aliphatic rings. The van der Waals surface area contributed by atoms with Crippen LogP contribution in [0.2, 0.25) is 0 Å². The normalized spacial score (nSPS) is 21.5. The molecule has 0 spiro atoms. The number of aromatic amines is 1. The van der Waals surface area contributed by atoms with Gasteiger partial charge in [0.05, 0.1) is 5.56 Å². The number of likely N-dealkylation sites (N-methyl/N-ethyl adjacent to an activating group) is 1. The van der Waals surface area contributed by atoms with Crippen LogP contribution in [-0.2, 0) is 6.54 Å². The molecule has 0 aliphatic carbocycles. The molecule has 6 nitrogen and oxygen atoms in total. The van der Waals surface area contributed by atoms with E-state index in [0.29, 0.717) is 31.6 Å². The highest BCUT2D eigenvalue weighted by molar-refractivity contribution is 5.93. The van der Waals surface area contributed by atoms with Crippen molar-refractivity contribution < 1.29 is 9.18 Å². The standard InChI is InChI=1S/C16H20FN5O/c1-21(16(23)13-2-3-18-7-13)10-15-4-14(17)9-22(15)8-12-5-19-11-20-6-12/h2-3,5-7,11,14-15,18H,4,8-10H2,1H3/t14-,15-/m0/s1. The fourth-order valence-corrected chi connectivity index (χ4v) is 3.03. The molecule has 0 unspecified atom stereocenters. The zero-order valence-electron chi connectivity index (χ0n) is 13.0. The summed E-state index contributed by atoms with van der Waals surface area (Å²) in [6.45, 7) is 1.47. The lowest BCUT2D eigenvalue weighted by Gasteiger charge is -2.28. The Morgan fingerprint density at radius 2 is 2.26 bits per heavy atom. The van der Waals surface area contributed by atoms with Gasteiger partial charge in [0.15, 0.2) is 0 Å². The van der Waals surface area contributed by atoms with Crippen molar-refractivity contribution in [1.82, 2.24) is 24.8 Å². The molecule has 23 heavy (non-hydrogen) atoms. The lowest BCUT2D eigenvalue weighted by Crippen LogP contribution is -2.40. The zero-order chi connectivity index (χ0) is 16.2. The number of halogens is 1. The van der Waals surface area contributed by atoms with Gasteiger partial charge in [0.2, 0.25) is 0 Å². The number of likely N-dealkylation sites (tertiary alicyclic amines) is 1. The summed E-state index contributed by atoms with van der Waals surface area (Å²) in [5, 5.41) is 0. The minimum Gasteiger partial charge on any atom is -0.367 e. The summed E-state index contributed by atoms with van der Waals surface area (Å²) in [5.41, 5.74) is 1.57. The third kappa shape index (κ3) is 3.73. The van der Waals surface area contributed by atoms with Crippen molar-refractivity contribution >= 4 is 5.91 Å². The number of hydrogen-bond donors (Lipinski definition) is 1. The maximum Gasteiger partial charge on any atom is 0.255 e. The van der Waals surface area contributed by atoms with E-state index in [1.165, 1.54) is 6.33 Å². The second kappa shape index (κ2) is 6.87. The van der Waals surface area contributed by atoms with Gasteiger partial charge in [-0.1, -0.05) is 0 Å². The first-order chi connectivity index (χ1) is 11.1. The summed E-state index contributed by atoms with van der Waals surface area (Å²) in [7, 11) is 1.75. The molecule has 2 aromatic rings. The molecule has 0 bridgehead atoms. The van der Waals surface area contributed by atoms with Gasteiger partial charge in [0.25, 0.3) is 5.91 Å². The topological polar surface area (TPSA) is 65.1 Å². The number of H-pyrrole nitrogens is 1. The quantitative estimate of drug-likeness (QED) is 0.907. The van der Waals surface area contributed by atoms with Crippen molar-refractivity contribution in [3.05, 3.63) is 48.3 Å². The summed E-state index contributed by atoms with van der Waals surface area (Å²) >= 11 is 0. The van der Waals surface area contributed by atoms with Crippen LogP contribution in [0.5, 0.6) is 0 Å². The molecule has 3 heterocycles. The van der Waals surface area contributed by atoms with Crippen molar-refractivity contribution in [1.29, 1.82) is 0 Å². The van der Waals surface area contributed by atoms with Gasteiger partial charge in [0.1, 0.15) is 12.5 Å². The predicted molar refractivity (Wildman–Crippen MR) is 83.5 cm³/mol. The molecule has 1 saturated heterocycles. The van der Waals surface area contributed by atoms with Crippen LogP contribution in [0, 0.1) is 0 Å². The van der Waals surface area contributed by atoms with Crippen LogP contribution in [0.4, 0.5) is 4.39 Å². The lowest BCUT2D eigenvalue weighted by atomic mass is 10.1. The van der Waals surface area contributed by atoms with Gasteiger partial charge < -0.3 is 9.88 Å². The van der Waals surface area contributed by atoms with Gasteiger partial charge in [-0.15, -0.1) is 0 Å². The van der Waals surface area contributed by atoms with Gasteiger partial charge in [-0.3, -0.25) is 9.69 Å². The van der Waals surface area contributed by atoms with Crippen molar-refractivity contribution in [3.63, 3.8) is 0 Å². The summed E-state index contributed by atoms with van der Waals surface area (Å²) in [6, 6.07) is 1.74. The molecule has 2 aromatic heterocycles. The lowest BCUT2D eigenvalue weighted by molar-refractivity contribution is 0.0750. The number of rotatable bonds is 5. The highest BCUT2D eigenvalue weighted by Gasteiger charge is 2.33. The van der Waals surface area contributed by atoms with Crippen LogP contribution in [0.1, 0.15) is 22.3 Å². The molecule has 122 valence electrons. The predicted octanol–water partition coefficient (Wildman–Crippen LogP) is 1.49. The van der Waals surface area contributed by atoms with Crippen molar-refractivity contribution in [3.8, 4) is 0 Å². The van der Waals surface area contributed by atoms with E-state index >= 15 is 0 Å². The second-order valence-corrected chi connectivity index (χ2v) is 5.95. The summed E-state index contributed by atoms with van der Waals surface area (Å²) in [5.74, 6) is -0.0587. The van der Waals surface area contributed by atoms with E-state index in [2.05, 4.69) is 19.9 Å². The first-order valence-electron chi connectivity index (χ1n) is 7.63. The maximum absolute atomic E-state index is 13.9. The Hall–Kier alpha value is -2.28. The van der Waals surface area contributed by atoms with Crippen molar-refractivity contribution in [2.45, 2.75) is 25.2 Å². The minimum atomic E-state index is -0.861. The molecule has 2 atom stereocenters. The molecule has 0 aromatic carbocycles. The summed E-state index contributed by atoms with van der Waals surface area (Å²) < 4.78 is 13.9. The Balaban J connectivity index is 1.64. The van der Waals surface area contributed by atoms with E-state index in [0.717, 1.165) is 5.56 Å². The molecule has 0 saturated carbocycles. The monoisotopic (exact) mass is 317 g/mol. The van der Waals surface area contributed by atoms with E-state index < -0.39 is 6.17 Å². The molecule has 1 fully saturated rings. The number of hydrogen-bond acceptors (Lipinski definition) is 4. The number of nitrogens with zero attached hydrogens (tertiary/aromatic N) is 4. The molecular weight excluding hydrogens is 297 g/mol. The van der Waals surface area contributed by atoms with Crippen LogP contribution in [0.3, 0.4) is 0 Å². The number of aromatic nitrogens is 3. The molecule has 1 amide bonds. The highest BCUT2D eigenvalue weighted by Crippen LogP contribution is 2.23. The third-order valence-corrected chi connectivity index (χ3v) is 4.15. The summed E-state index contributed by atoms with van der Waals surface area (Å²) in [6.07, 6.45) is 7.93. The summed E-state index contributed by atoms with van der Waals surface area (Å²) in [4.78, 5) is 26.9. The van der Waals surface area contributed by atoms with E-state index in [1.54, 1.807) is 42.8 Å². The first kappa shape index (κ1) is 15.6. The third-order valence-electron chi connectivity index (χ3n) is 4.15. The van der Waals surface area contributed by atoms with Gasteiger partial charge >= 0.3 is 0 Å². The number of amides is 1. The highest BCUT2D eigenvalue weighted by atomic mass is 19.1. The van der Waals surface area contributed by atoms with Crippen LogP contribution in [-0.4, -0.2) is 63.0 Å². The Labute approximate surface area is 134 Å². The largest absolute Gasteiger partial charge is 0.367 e. The number of carbonyl (C=O) groups is 1. The van der Waals surface area contributed by atoms with Gasteiger partial charge in [0, 0.05) is 63.1 Å². The van der Waals surface area contributed by atoms with Crippen molar-refractivity contribution in [2.75, 3.05) is 20.1 Å². The Morgan fingerprint density at radius 1 is 1.48 bits per heavy atom. The van der Waals surface area contributed by atoms with Gasteiger partial charge in [-0.2, -0.15) is 0 Å². The SMILES string of the molecule is CN(C[C@@H]1C[C@H](F)CN1Cc1cncnc1)C(=O)c1cc[nH]c1. The van der Waals surface area contributed by atoms with Gasteiger partial charge in [-0.25, -0.2) is 14.4 Å². The van der Waals surface area contributed by atoms with Crippen LogP contribution in [0.25, 0.3) is 0 Å². The smallest absolute Gasteiger partial charge is 0.255 e. The van der Waals surface area contributed by atoms with Crippen LogP contribution < -0.4 is 0 Å². The number of carbonyl (C=O) groups excluding carboxylic acids is 1. The molecule has 0 radical (unpaired) electrons. The Bertz CT molecular complexity index is 633. The van der Waals surface area contributed by atoms with E-state index in [-0.39, 0.29) is 11.9 Å². The second-order valence-electron chi connectivity index (χ2n) is 5.95. The molecule has 1 aliphatic heterocycles. The molecular formula is C16H20FN5O. The Kier molecular flexibility index (Phi) is 4.66. The first-order valence-corrected chi connectivity index (χ1v) is 7.63. The van der Waals surface area contributed by atoms with Crippen LogP contribution >= 0.6 is 0 Å². The fourth-order valence-electron chi connectivity index (χ4n) is 3.03. The minimum absolute atomic E-state index is 0.00176. The van der Waals surface area contributed by atoms with E-state index in [1.807, 2.05) is 0 Å². The zero-order valence-corrected chi connectivity index (χ0v) is 13.0. The fraction of sp³-hybridized carbons (Fsp3) is 0.438. The molecule has 1 N–H and O–H groups in total. The molecule has 3 rings (SSSR count). The molecule has 7 heteroatoms. The maximum atomic E-state index is 13.9. The van der Waals surface area contributed by atoms with E-state index in [9.17, 15) is 9.18 Å².